The first-order chi connectivity index (χ1) is 11.3. The second-order valence-corrected chi connectivity index (χ2v) is 9.45. The lowest BCUT2D eigenvalue weighted by Gasteiger charge is -2.61. The zero-order valence-corrected chi connectivity index (χ0v) is 15.3. The van der Waals surface area contributed by atoms with Gasteiger partial charge in [0.25, 0.3) is 0 Å². The summed E-state index contributed by atoms with van der Waals surface area (Å²) in [5.74, 6) is 2.29. The second-order valence-electron chi connectivity index (χ2n) is 9.45. The Bertz CT molecular complexity index is 582. The molecule has 4 fully saturated rings. The van der Waals surface area contributed by atoms with Gasteiger partial charge in [0, 0.05) is 6.42 Å². The molecule has 0 radical (unpaired) electrons. The normalized spacial score (nSPS) is 55.9. The molecule has 0 amide bonds. The topological polar surface area (TPSA) is 57.5 Å². The van der Waals surface area contributed by atoms with E-state index in [1.54, 1.807) is 0 Å². The number of rotatable bonds is 0. The number of carbonyl (C=O) groups excluding carboxylic acids is 1. The van der Waals surface area contributed by atoms with Crippen LogP contribution in [0.4, 0.5) is 0 Å². The van der Waals surface area contributed by atoms with Crippen LogP contribution < -0.4 is 0 Å². The first-order valence-electron chi connectivity index (χ1n) is 9.89. The largest absolute Gasteiger partial charge is 0.390 e. The van der Waals surface area contributed by atoms with E-state index < -0.39 is 12.2 Å². The van der Waals surface area contributed by atoms with E-state index in [1.807, 2.05) is 6.92 Å². The van der Waals surface area contributed by atoms with Crippen LogP contribution in [-0.4, -0.2) is 28.2 Å². The van der Waals surface area contributed by atoms with Crippen LogP contribution in [0.25, 0.3) is 0 Å². The minimum Gasteiger partial charge on any atom is -0.390 e. The predicted octanol–water partition coefficient (Wildman–Crippen LogP) is 3.49. The molecule has 4 aliphatic rings. The highest BCUT2D eigenvalue weighted by Gasteiger charge is 2.61. The summed E-state index contributed by atoms with van der Waals surface area (Å²) >= 11 is 0. The van der Waals surface area contributed by atoms with E-state index in [4.69, 9.17) is 0 Å². The summed E-state index contributed by atoms with van der Waals surface area (Å²) in [6, 6.07) is 0. The lowest BCUT2D eigenvalue weighted by molar-refractivity contribution is -0.169. The van der Waals surface area contributed by atoms with E-state index >= 15 is 0 Å². The van der Waals surface area contributed by atoms with Crippen LogP contribution in [0.15, 0.2) is 11.6 Å². The fraction of sp³-hybridized carbons (Fsp3) is 0.857. The first-order valence-corrected chi connectivity index (χ1v) is 9.89. The Morgan fingerprint density at radius 2 is 1.75 bits per heavy atom. The maximum absolute atomic E-state index is 12.6. The molecule has 3 heteroatoms. The summed E-state index contributed by atoms with van der Waals surface area (Å²) in [5.41, 5.74) is 1.28. The molecule has 0 spiro atoms. The third-order valence-electron chi connectivity index (χ3n) is 8.73. The van der Waals surface area contributed by atoms with Gasteiger partial charge < -0.3 is 10.2 Å². The lowest BCUT2D eigenvalue weighted by atomic mass is 9.44. The molecule has 3 nitrogen and oxygen atoms in total. The molecule has 0 aliphatic heterocycles. The molecular formula is C21H32O3. The maximum Gasteiger partial charge on any atom is 0.159 e. The molecule has 4 aliphatic carbocycles. The van der Waals surface area contributed by atoms with Crippen molar-refractivity contribution < 1.29 is 15.0 Å². The maximum atomic E-state index is 12.6. The van der Waals surface area contributed by atoms with Crippen molar-refractivity contribution in [2.45, 2.75) is 77.9 Å². The van der Waals surface area contributed by atoms with Crippen LogP contribution in [0.3, 0.4) is 0 Å². The fourth-order valence-electron chi connectivity index (χ4n) is 7.46. The van der Waals surface area contributed by atoms with Crippen molar-refractivity contribution in [3.05, 3.63) is 11.6 Å². The highest BCUT2D eigenvalue weighted by molar-refractivity contribution is 5.99. The van der Waals surface area contributed by atoms with Gasteiger partial charge in [-0.25, -0.2) is 0 Å². The Hall–Kier alpha value is -0.670. The lowest BCUT2D eigenvalue weighted by Crippen LogP contribution is -2.57. The van der Waals surface area contributed by atoms with E-state index in [0.717, 1.165) is 50.5 Å². The van der Waals surface area contributed by atoms with Crippen molar-refractivity contribution in [2.75, 3.05) is 0 Å². The van der Waals surface area contributed by atoms with Crippen LogP contribution in [0.1, 0.15) is 65.7 Å². The van der Waals surface area contributed by atoms with Crippen molar-refractivity contribution in [3.8, 4) is 0 Å². The molecule has 0 saturated heterocycles. The third-order valence-corrected chi connectivity index (χ3v) is 8.73. The van der Waals surface area contributed by atoms with Gasteiger partial charge in [-0.2, -0.15) is 0 Å². The molecule has 4 saturated carbocycles. The minimum atomic E-state index is -0.561. The predicted molar refractivity (Wildman–Crippen MR) is 93.3 cm³/mol. The van der Waals surface area contributed by atoms with Crippen LogP contribution >= 0.6 is 0 Å². The van der Waals surface area contributed by atoms with Crippen molar-refractivity contribution in [3.63, 3.8) is 0 Å². The Morgan fingerprint density at radius 1 is 1.00 bits per heavy atom. The smallest absolute Gasteiger partial charge is 0.159 e. The number of hydrogen-bond acceptors (Lipinski definition) is 3. The van der Waals surface area contributed by atoms with E-state index in [0.29, 0.717) is 23.5 Å². The molecule has 0 heterocycles. The minimum absolute atomic E-state index is 0.0724. The fourth-order valence-corrected chi connectivity index (χ4v) is 7.46. The van der Waals surface area contributed by atoms with Crippen LogP contribution in [-0.2, 0) is 4.79 Å². The molecule has 2 N–H and O–H groups in total. The molecule has 134 valence electrons. The number of hydrogen-bond donors (Lipinski definition) is 2. The highest BCUT2D eigenvalue weighted by atomic mass is 16.3. The summed E-state index contributed by atoms with van der Waals surface area (Å²) in [6.07, 6.45) is 7.80. The Labute approximate surface area is 145 Å². The highest BCUT2D eigenvalue weighted by Crippen LogP contribution is 2.66. The van der Waals surface area contributed by atoms with Crippen molar-refractivity contribution in [1.82, 2.24) is 0 Å². The zero-order valence-electron chi connectivity index (χ0n) is 15.3. The molecule has 0 unspecified atom stereocenters. The Balaban J connectivity index is 1.67. The molecular weight excluding hydrogens is 300 g/mol. The number of carbonyl (C=O) groups is 1. The Morgan fingerprint density at radius 3 is 2.46 bits per heavy atom. The monoisotopic (exact) mass is 332 g/mol. The van der Waals surface area contributed by atoms with Gasteiger partial charge in [0.1, 0.15) is 0 Å². The number of Topliss-reactive ketones (excluding diaryl/α,β-unsaturated/α-hetero) is 1. The summed E-state index contributed by atoms with van der Waals surface area (Å²) in [4.78, 5) is 12.6. The van der Waals surface area contributed by atoms with Crippen LogP contribution in [0.5, 0.6) is 0 Å². The molecule has 0 aromatic rings. The Kier molecular flexibility index (Phi) is 3.78. The third kappa shape index (κ3) is 2.00. The number of fused-ring (bicyclic) bond motifs is 5. The van der Waals surface area contributed by atoms with Crippen molar-refractivity contribution in [1.29, 1.82) is 0 Å². The summed E-state index contributed by atoms with van der Waals surface area (Å²) < 4.78 is 0. The molecule has 24 heavy (non-hydrogen) atoms. The molecule has 0 aromatic heterocycles. The van der Waals surface area contributed by atoms with E-state index in [-0.39, 0.29) is 16.7 Å². The van der Waals surface area contributed by atoms with E-state index in [2.05, 4.69) is 19.9 Å². The molecule has 0 aromatic carbocycles. The van der Waals surface area contributed by atoms with E-state index in [9.17, 15) is 15.0 Å². The van der Waals surface area contributed by atoms with Gasteiger partial charge in [-0.1, -0.05) is 19.9 Å². The van der Waals surface area contributed by atoms with Crippen molar-refractivity contribution >= 4 is 5.78 Å². The average molecular weight is 332 g/mol. The van der Waals surface area contributed by atoms with Gasteiger partial charge in [-0.3, -0.25) is 4.79 Å². The van der Waals surface area contributed by atoms with Gasteiger partial charge in [-0.05, 0) is 85.5 Å². The van der Waals surface area contributed by atoms with E-state index in [1.165, 1.54) is 0 Å². The van der Waals surface area contributed by atoms with Gasteiger partial charge in [0.05, 0.1) is 12.2 Å². The number of aliphatic hydroxyl groups excluding tert-OH is 2. The van der Waals surface area contributed by atoms with Gasteiger partial charge >= 0.3 is 0 Å². The number of ketones is 1. The second kappa shape index (κ2) is 5.41. The van der Waals surface area contributed by atoms with Gasteiger partial charge in [-0.15, -0.1) is 0 Å². The van der Waals surface area contributed by atoms with Gasteiger partial charge in [0.15, 0.2) is 5.78 Å². The average Bonchev–Trinajstić information content (AvgIpc) is 2.81. The molecule has 4 rings (SSSR count). The zero-order chi connectivity index (χ0) is 17.3. The SMILES string of the molecule is C/C=C1\C(=O)C[C@H]2[C@@H]3CC[C@H]4[C@@H](O)[C@@H](O)CC[C@]4(C)[C@H]3CC[C@]12C. The number of allylic oxidation sites excluding steroid dienone is 2. The number of aliphatic hydroxyl groups is 2. The molecule has 8 atom stereocenters. The quantitative estimate of drug-likeness (QED) is 0.668. The summed E-state index contributed by atoms with van der Waals surface area (Å²) in [7, 11) is 0. The summed E-state index contributed by atoms with van der Waals surface area (Å²) in [6.45, 7) is 6.70. The van der Waals surface area contributed by atoms with Crippen LogP contribution in [0.2, 0.25) is 0 Å². The first kappa shape index (κ1) is 16.8. The van der Waals surface area contributed by atoms with Gasteiger partial charge in [0.2, 0.25) is 0 Å². The summed E-state index contributed by atoms with van der Waals surface area (Å²) in [5, 5.41) is 20.7. The van der Waals surface area contributed by atoms with Crippen molar-refractivity contribution in [2.24, 2.45) is 34.5 Å². The standard InChI is InChI=1S/C21H32O3/c1-4-13-18(23)11-16-12-5-6-15-19(24)17(22)8-10-21(15,3)14(12)7-9-20(13,16)2/h4,12,14-17,19,22,24H,5-11H2,1-3H3/b13-4+/t12-,14+,15+,16+,17+,19-,20-,21-/m1/s1. The van der Waals surface area contributed by atoms with Crippen LogP contribution in [0, 0.1) is 34.5 Å². The molecule has 0 bridgehead atoms.